The zero-order valence-corrected chi connectivity index (χ0v) is 29.1. The number of nitrogens with zero attached hydrogens (tertiary/aromatic N) is 2. The number of H-pyrrole nitrogens is 1. The van der Waals surface area contributed by atoms with Crippen molar-refractivity contribution in [3.05, 3.63) is 32.6 Å². The summed E-state index contributed by atoms with van der Waals surface area (Å²) >= 11 is 0. The molecule has 0 spiro atoms. The van der Waals surface area contributed by atoms with Crippen LogP contribution in [0.5, 0.6) is 0 Å². The van der Waals surface area contributed by atoms with Gasteiger partial charge in [-0.3, -0.25) is 14.3 Å². The minimum absolute atomic E-state index is 0.0358. The van der Waals surface area contributed by atoms with Crippen molar-refractivity contribution in [1.82, 2.24) is 14.5 Å². The number of unbranched alkanes of at least 4 members (excludes halogenated alkanes) is 16. The Balaban J connectivity index is 1.76. The van der Waals surface area contributed by atoms with Gasteiger partial charge in [-0.2, -0.15) is 13.2 Å². The second kappa shape index (κ2) is 23.6. The minimum Gasteiger partial charge on any atom is -0.447 e. The average molecular weight is 686 g/mol. The maximum Gasteiger partial charge on any atom is 0.423 e. The number of carbonyl (C=O) groups is 1. The first kappa shape index (κ1) is 41.4. The lowest BCUT2D eigenvalue weighted by atomic mass is 10.0. The number of aromatic nitrogens is 2. The summed E-state index contributed by atoms with van der Waals surface area (Å²) in [5, 5.41) is 0. The van der Waals surface area contributed by atoms with Gasteiger partial charge in [-0.15, -0.1) is 6.42 Å². The van der Waals surface area contributed by atoms with Crippen LogP contribution in [0.25, 0.3) is 0 Å². The highest BCUT2D eigenvalue weighted by atomic mass is 19.4. The molecule has 3 atom stereocenters. The number of hydrogen-bond acceptors (Lipinski definition) is 6. The third-order valence-corrected chi connectivity index (χ3v) is 8.84. The monoisotopic (exact) mass is 685 g/mol. The second-order valence-electron chi connectivity index (χ2n) is 12.8. The van der Waals surface area contributed by atoms with E-state index in [9.17, 15) is 27.6 Å². The Hall–Kier alpha value is -2.78. The summed E-state index contributed by atoms with van der Waals surface area (Å²) < 4.78 is 57.7. The van der Waals surface area contributed by atoms with Crippen molar-refractivity contribution in [2.75, 3.05) is 26.3 Å². The van der Waals surface area contributed by atoms with Gasteiger partial charge in [0.15, 0.2) is 0 Å². The van der Waals surface area contributed by atoms with Crippen LogP contribution < -0.4 is 11.2 Å². The van der Waals surface area contributed by atoms with Gasteiger partial charge in [0, 0.05) is 25.7 Å². The van der Waals surface area contributed by atoms with E-state index in [4.69, 9.17) is 20.6 Å². The van der Waals surface area contributed by atoms with Crippen LogP contribution in [0.2, 0.25) is 0 Å². The molecule has 0 radical (unpaired) electrons. The molecule has 0 bridgehead atoms. The van der Waals surface area contributed by atoms with E-state index in [0.717, 1.165) is 32.1 Å². The van der Waals surface area contributed by atoms with E-state index < -0.39 is 47.5 Å². The lowest BCUT2D eigenvalue weighted by molar-refractivity contribution is -0.139. The summed E-state index contributed by atoms with van der Waals surface area (Å²) in [6, 6.07) is 0. The number of alkyl halides is 3. The summed E-state index contributed by atoms with van der Waals surface area (Å²) in [7, 11) is 0. The van der Waals surface area contributed by atoms with Crippen molar-refractivity contribution in [2.24, 2.45) is 0 Å². The van der Waals surface area contributed by atoms with Crippen LogP contribution in [0.15, 0.2) is 15.8 Å². The molecule has 1 amide bonds. The van der Waals surface area contributed by atoms with Crippen LogP contribution in [-0.4, -0.2) is 59.1 Å². The molecular weight excluding hydrogens is 627 g/mol. The fraction of sp³-hybridized carbons (Fsp3) is 0.806. The Bertz CT molecular complexity index is 1200. The van der Waals surface area contributed by atoms with Crippen LogP contribution in [0.4, 0.5) is 18.0 Å². The minimum atomic E-state index is -4.97. The highest BCUT2D eigenvalue weighted by molar-refractivity contribution is 5.67. The molecule has 1 fully saturated rings. The van der Waals surface area contributed by atoms with Crippen molar-refractivity contribution < 1.29 is 32.2 Å². The highest BCUT2D eigenvalue weighted by Crippen LogP contribution is 2.32. The van der Waals surface area contributed by atoms with Crippen molar-refractivity contribution >= 4 is 6.09 Å². The molecule has 1 aromatic rings. The van der Waals surface area contributed by atoms with Crippen LogP contribution in [-0.2, 0) is 20.4 Å². The number of amides is 1. The van der Waals surface area contributed by atoms with Crippen LogP contribution in [0.1, 0.15) is 148 Å². The molecule has 1 aliphatic rings. The third-order valence-electron chi connectivity index (χ3n) is 8.84. The zero-order valence-electron chi connectivity index (χ0n) is 29.1. The molecule has 274 valence electrons. The van der Waals surface area contributed by atoms with Crippen LogP contribution >= 0.6 is 0 Å². The molecule has 0 aromatic carbocycles. The Morgan fingerprint density at radius 1 is 0.917 bits per heavy atom. The summed E-state index contributed by atoms with van der Waals surface area (Å²) in [4.78, 5) is 40.5. The number of rotatable bonds is 25. The van der Waals surface area contributed by atoms with Crippen molar-refractivity contribution in [3.63, 3.8) is 0 Å². The lowest BCUT2D eigenvalue weighted by Crippen LogP contribution is -2.37. The van der Waals surface area contributed by atoms with Crippen LogP contribution in [0.3, 0.4) is 0 Å². The Labute approximate surface area is 284 Å². The molecular formula is C36H58F3N3O6. The quantitative estimate of drug-likeness (QED) is 0.0820. The molecule has 2 rings (SSSR count). The molecule has 48 heavy (non-hydrogen) atoms. The zero-order chi connectivity index (χ0) is 35.2. The maximum absolute atomic E-state index is 13.3. The molecule has 1 aromatic heterocycles. The summed E-state index contributed by atoms with van der Waals surface area (Å²) in [6.07, 6.45) is 19.4. The van der Waals surface area contributed by atoms with E-state index >= 15 is 0 Å². The number of carbonyl (C=O) groups excluding carboxylic acids is 1. The molecule has 1 aliphatic heterocycles. The number of nitrogens with one attached hydrogen (secondary N) is 1. The lowest BCUT2D eigenvalue weighted by Gasteiger charge is -2.24. The molecule has 9 nitrogen and oxygen atoms in total. The van der Waals surface area contributed by atoms with Gasteiger partial charge in [-0.25, -0.2) is 9.59 Å². The first-order valence-corrected chi connectivity index (χ1v) is 18.2. The number of aromatic amines is 1. The fourth-order valence-electron chi connectivity index (χ4n) is 5.99. The third kappa shape index (κ3) is 15.6. The molecule has 0 saturated carbocycles. The predicted molar refractivity (Wildman–Crippen MR) is 181 cm³/mol. The molecule has 0 aliphatic carbocycles. The topological polar surface area (TPSA) is 103 Å². The molecule has 12 heteroatoms. The van der Waals surface area contributed by atoms with Gasteiger partial charge >= 0.3 is 18.0 Å². The second-order valence-corrected chi connectivity index (χ2v) is 12.8. The number of hydrogen-bond donors (Lipinski definition) is 1. The molecule has 2 heterocycles. The average Bonchev–Trinajstić information content (AvgIpc) is 3.45. The molecule has 0 unspecified atom stereocenters. The van der Waals surface area contributed by atoms with Gasteiger partial charge in [0.1, 0.15) is 31.1 Å². The van der Waals surface area contributed by atoms with E-state index in [1.807, 2.05) is 6.92 Å². The first-order valence-electron chi connectivity index (χ1n) is 18.2. The van der Waals surface area contributed by atoms with E-state index in [1.54, 1.807) is 9.88 Å². The summed E-state index contributed by atoms with van der Waals surface area (Å²) in [5.41, 5.74) is -4.12. The maximum atomic E-state index is 13.3. The number of halogens is 3. The van der Waals surface area contributed by atoms with Gasteiger partial charge < -0.3 is 19.1 Å². The van der Waals surface area contributed by atoms with E-state index in [1.165, 1.54) is 83.5 Å². The molecule has 1 saturated heterocycles. The first-order chi connectivity index (χ1) is 23.1. The fourth-order valence-corrected chi connectivity index (χ4v) is 5.99. The Morgan fingerprint density at radius 3 is 1.96 bits per heavy atom. The van der Waals surface area contributed by atoms with Gasteiger partial charge in [0.2, 0.25) is 0 Å². The van der Waals surface area contributed by atoms with Crippen molar-refractivity contribution in [3.8, 4) is 12.3 Å². The smallest absolute Gasteiger partial charge is 0.423 e. The van der Waals surface area contributed by atoms with E-state index in [-0.39, 0.29) is 19.6 Å². The summed E-state index contributed by atoms with van der Waals surface area (Å²) in [6.45, 7) is 5.06. The molecule has 1 N–H and O–H groups in total. The van der Waals surface area contributed by atoms with Gasteiger partial charge in [-0.05, 0) is 12.8 Å². The highest BCUT2D eigenvalue weighted by Gasteiger charge is 2.41. The van der Waals surface area contributed by atoms with Crippen molar-refractivity contribution in [1.29, 1.82) is 0 Å². The van der Waals surface area contributed by atoms with Crippen molar-refractivity contribution in [2.45, 2.75) is 160 Å². The summed E-state index contributed by atoms with van der Waals surface area (Å²) in [5.74, 6) is 2.33. The van der Waals surface area contributed by atoms with Gasteiger partial charge in [0.25, 0.3) is 5.56 Å². The standard InChI is InChI=1S/C36H58F3N3O6/c1-4-7-9-10-11-12-13-14-15-16-17-18-19-20-21-22-24-41(23-8-5-2)35(45)47-28-31-30(46-25-6-3)26-32(48-31)42-27-29(36(37,38)39)33(43)40-34(42)44/h3,27,30-32H,4-5,7-26,28H2,1-2H3,(H,40,43,44)/t30-,31+,32+/m0/s1. The van der Waals surface area contributed by atoms with Gasteiger partial charge in [0.05, 0.1) is 6.10 Å². The Kier molecular flexibility index (Phi) is 20.3. The normalized spacial score (nSPS) is 17.8. The Morgan fingerprint density at radius 2 is 1.44 bits per heavy atom. The van der Waals surface area contributed by atoms with E-state index in [2.05, 4.69) is 12.8 Å². The SMILES string of the molecule is C#CCO[C@H]1C[C@H](n2cc(C(F)(F)F)c(=O)[nH]c2=O)O[C@@H]1COC(=O)N(CCCC)CCCCCCCCCCCCCCCCCC. The van der Waals surface area contributed by atoms with Crippen LogP contribution in [0, 0.1) is 12.3 Å². The van der Waals surface area contributed by atoms with Gasteiger partial charge in [-0.1, -0.05) is 123 Å². The number of ether oxygens (including phenoxy) is 3. The largest absolute Gasteiger partial charge is 0.447 e. The van der Waals surface area contributed by atoms with E-state index in [0.29, 0.717) is 23.9 Å². The number of terminal acetylenes is 1. The predicted octanol–water partition coefficient (Wildman–Crippen LogP) is 8.36.